The van der Waals surface area contributed by atoms with E-state index in [0.717, 1.165) is 56.7 Å². The van der Waals surface area contributed by atoms with Gasteiger partial charge in [0.1, 0.15) is 6.10 Å². The summed E-state index contributed by atoms with van der Waals surface area (Å²) in [7, 11) is 0. The molecule has 0 saturated carbocycles. The molecule has 0 aliphatic carbocycles. The maximum atomic E-state index is 13.0. The molecule has 8 nitrogen and oxygen atoms in total. The number of nitrogens with zero attached hydrogens (tertiary/aromatic N) is 2. The van der Waals surface area contributed by atoms with Crippen LogP contribution in [0.1, 0.15) is 204 Å². The van der Waals surface area contributed by atoms with Gasteiger partial charge in [-0.05, 0) is 31.7 Å². The molecule has 0 bridgehead atoms. The molecule has 0 fully saturated rings. The maximum Gasteiger partial charge on any atom is 0.338 e. The number of nitro groups is 1. The number of nitro benzene ring substituents is 1. The first kappa shape index (κ1) is 41.8. The molecule has 0 aromatic heterocycles. The minimum Gasteiger partial charge on any atom is -0.733 e. The number of hydrogen-bond acceptors (Lipinski definition) is 7. The van der Waals surface area contributed by atoms with Crippen molar-refractivity contribution in [1.82, 2.24) is 0 Å². The van der Waals surface area contributed by atoms with Crippen LogP contribution in [0.2, 0.25) is 0 Å². The van der Waals surface area contributed by atoms with Crippen LogP contribution in [0.3, 0.4) is 0 Å². The molecule has 1 aromatic carbocycles. The van der Waals surface area contributed by atoms with Crippen LogP contribution in [0, 0.1) is 15.3 Å². The van der Waals surface area contributed by atoms with Crippen LogP contribution in [0.25, 0.3) is 0 Å². The molecule has 0 unspecified atom stereocenters. The van der Waals surface area contributed by atoms with E-state index in [1.54, 1.807) is 0 Å². The van der Waals surface area contributed by atoms with Crippen LogP contribution in [-0.4, -0.2) is 22.2 Å². The van der Waals surface area contributed by atoms with Gasteiger partial charge < -0.3 is 15.2 Å². The number of non-ortho nitro benzene ring substituents is 1. The number of ether oxygens (including phenoxy) is 1. The highest BCUT2D eigenvalue weighted by molar-refractivity contribution is 5.91. The van der Waals surface area contributed by atoms with Crippen LogP contribution in [0.5, 0.6) is 0 Å². The normalized spacial score (nSPS) is 11.9. The molecule has 0 amide bonds. The fourth-order valence-corrected chi connectivity index (χ4v) is 6.19. The summed E-state index contributed by atoms with van der Waals surface area (Å²) in [5.74, 6) is -0.695. The van der Waals surface area contributed by atoms with Gasteiger partial charge >= 0.3 is 5.97 Å². The van der Waals surface area contributed by atoms with Crippen LogP contribution in [0.15, 0.2) is 18.2 Å². The monoisotopic (exact) mass is 648 g/mol. The van der Waals surface area contributed by atoms with Gasteiger partial charge in [0, 0.05) is 12.1 Å². The predicted octanol–water partition coefficient (Wildman–Crippen LogP) is 12.8. The Morgan fingerprint density at radius 2 is 1.00 bits per heavy atom. The molecule has 1 N–H and O–H groups in total. The van der Waals surface area contributed by atoms with Crippen LogP contribution < -0.4 is 5.23 Å². The number of esters is 1. The second-order valence-electron chi connectivity index (χ2n) is 13.4. The van der Waals surface area contributed by atoms with Crippen molar-refractivity contribution in [3.8, 4) is 0 Å². The van der Waals surface area contributed by atoms with Crippen molar-refractivity contribution >= 4 is 17.3 Å². The van der Waals surface area contributed by atoms with Crippen LogP contribution in [0.4, 0.5) is 11.4 Å². The van der Waals surface area contributed by atoms with Crippen molar-refractivity contribution in [2.24, 2.45) is 0 Å². The topological polar surface area (TPSA) is 116 Å². The minimum atomic E-state index is -0.695. The van der Waals surface area contributed by atoms with Gasteiger partial charge in [0.25, 0.3) is 5.69 Å². The van der Waals surface area contributed by atoms with E-state index in [9.17, 15) is 25.3 Å². The molecule has 0 aliphatic rings. The second kappa shape index (κ2) is 29.0. The Morgan fingerprint density at radius 3 is 1.33 bits per heavy atom. The van der Waals surface area contributed by atoms with E-state index in [1.165, 1.54) is 141 Å². The smallest absolute Gasteiger partial charge is 0.338 e. The number of carbonyl (C=O) groups excluding carboxylic acids is 1. The number of anilines is 1. The predicted molar refractivity (Wildman–Crippen MR) is 191 cm³/mol. The van der Waals surface area contributed by atoms with Gasteiger partial charge in [0.2, 0.25) is 0 Å². The van der Waals surface area contributed by atoms with E-state index in [4.69, 9.17) is 4.74 Å². The highest BCUT2D eigenvalue weighted by Crippen LogP contribution is 2.25. The lowest BCUT2D eigenvalue weighted by Gasteiger charge is -2.22. The largest absolute Gasteiger partial charge is 0.733 e. The number of rotatable bonds is 32. The lowest BCUT2D eigenvalue weighted by molar-refractivity contribution is -0.384. The SMILES string of the molecule is CCCCCCCCCCCCCCCCCCC[C@H](CCCCCCCCCCC)OC(=O)c1cc(N([O-])O)cc([N+](=O)[O-])c1. The van der Waals surface area contributed by atoms with Crippen LogP contribution in [-0.2, 0) is 4.74 Å². The summed E-state index contributed by atoms with van der Waals surface area (Å²) in [6.07, 6.45) is 34.5. The summed E-state index contributed by atoms with van der Waals surface area (Å²) in [5.41, 5.74) is -0.911. The van der Waals surface area contributed by atoms with Gasteiger partial charge in [-0.15, -0.1) is 0 Å². The Bertz CT molecular complexity index is 894. The van der Waals surface area contributed by atoms with Gasteiger partial charge in [-0.1, -0.05) is 168 Å². The molecular weight excluding hydrogens is 580 g/mol. The number of benzene rings is 1. The lowest BCUT2D eigenvalue weighted by Crippen LogP contribution is -2.19. The van der Waals surface area contributed by atoms with E-state index in [2.05, 4.69) is 13.8 Å². The van der Waals surface area contributed by atoms with Crippen molar-refractivity contribution in [2.75, 3.05) is 5.23 Å². The van der Waals surface area contributed by atoms with E-state index in [-0.39, 0.29) is 17.4 Å². The first-order valence-corrected chi connectivity index (χ1v) is 19.1. The summed E-state index contributed by atoms with van der Waals surface area (Å²) in [6, 6.07) is 3.16. The first-order chi connectivity index (χ1) is 22.4. The number of unbranched alkanes of at least 4 members (excludes halogenated alkanes) is 24. The maximum absolute atomic E-state index is 13.0. The quantitative estimate of drug-likeness (QED) is 0.0358. The Kier molecular flexibility index (Phi) is 26.4. The lowest BCUT2D eigenvalue weighted by atomic mass is 10.0. The molecule has 0 spiro atoms. The molecule has 0 heterocycles. The summed E-state index contributed by atoms with van der Waals surface area (Å²) in [6.45, 7) is 4.50. The standard InChI is InChI=1S/C38H67N2O6/c1-3-5-7-9-11-13-14-15-16-17-18-19-20-22-24-26-28-30-37(29-27-25-23-21-12-10-8-6-4-2)46-38(41)34-31-35(39(42)43)33-36(32-34)40(44)45/h31-33,37,42H,3-30H2,1-2H3/q-1/t37-/m0/s1. The minimum absolute atomic E-state index is 0.0985. The van der Waals surface area contributed by atoms with E-state index in [1.807, 2.05) is 0 Å². The molecule has 0 saturated heterocycles. The van der Waals surface area contributed by atoms with Crippen molar-refractivity contribution in [3.05, 3.63) is 39.1 Å². The van der Waals surface area contributed by atoms with Gasteiger partial charge in [0.15, 0.2) is 0 Å². The van der Waals surface area contributed by atoms with Crippen molar-refractivity contribution in [3.63, 3.8) is 0 Å². The average Bonchev–Trinajstić information content (AvgIpc) is 3.04. The average molecular weight is 648 g/mol. The zero-order chi connectivity index (χ0) is 33.7. The fraction of sp³-hybridized carbons (Fsp3) is 0.816. The van der Waals surface area contributed by atoms with Crippen molar-refractivity contribution in [2.45, 2.75) is 200 Å². The number of carbonyl (C=O) groups is 1. The third-order valence-electron chi connectivity index (χ3n) is 9.10. The van der Waals surface area contributed by atoms with E-state index < -0.39 is 21.8 Å². The molecule has 1 rings (SSSR count). The van der Waals surface area contributed by atoms with Crippen molar-refractivity contribution < 1.29 is 19.7 Å². The third kappa shape index (κ3) is 22.4. The molecular formula is C38H67N2O6-. The van der Waals surface area contributed by atoms with E-state index in [0.29, 0.717) is 0 Å². The molecule has 0 aliphatic heterocycles. The zero-order valence-electron chi connectivity index (χ0n) is 29.5. The molecule has 1 atom stereocenters. The van der Waals surface area contributed by atoms with E-state index >= 15 is 0 Å². The van der Waals surface area contributed by atoms with Gasteiger partial charge in [-0.3, -0.25) is 15.3 Å². The molecule has 266 valence electrons. The van der Waals surface area contributed by atoms with Crippen LogP contribution >= 0.6 is 0 Å². The van der Waals surface area contributed by atoms with Gasteiger partial charge in [0.05, 0.1) is 16.2 Å². The third-order valence-corrected chi connectivity index (χ3v) is 9.10. The Labute approximate surface area is 280 Å². The van der Waals surface area contributed by atoms with Gasteiger partial charge in [-0.2, -0.15) is 0 Å². The second-order valence-corrected chi connectivity index (χ2v) is 13.4. The van der Waals surface area contributed by atoms with Crippen molar-refractivity contribution in [1.29, 1.82) is 0 Å². The zero-order valence-corrected chi connectivity index (χ0v) is 29.5. The first-order valence-electron chi connectivity index (χ1n) is 19.1. The Morgan fingerprint density at radius 1 is 0.652 bits per heavy atom. The molecule has 1 aromatic rings. The molecule has 46 heavy (non-hydrogen) atoms. The number of hydrogen-bond donors (Lipinski definition) is 1. The summed E-state index contributed by atoms with van der Waals surface area (Å²) < 4.78 is 5.84. The Hall–Kier alpha value is -2.19. The Balaban J connectivity index is 2.37. The summed E-state index contributed by atoms with van der Waals surface area (Å²) >= 11 is 0. The fourth-order valence-electron chi connectivity index (χ4n) is 6.19. The van der Waals surface area contributed by atoms with Gasteiger partial charge in [-0.25, -0.2) is 4.79 Å². The highest BCUT2D eigenvalue weighted by atomic mass is 16.8. The summed E-state index contributed by atoms with van der Waals surface area (Å²) in [5, 5.41) is 31.5. The molecule has 0 radical (unpaired) electrons. The highest BCUT2D eigenvalue weighted by Gasteiger charge is 2.20. The summed E-state index contributed by atoms with van der Waals surface area (Å²) in [4.78, 5) is 23.6. The molecule has 8 heteroatoms.